The van der Waals surface area contributed by atoms with Crippen LogP contribution in [0.3, 0.4) is 0 Å². The Morgan fingerprint density at radius 2 is 1.79 bits per heavy atom. The highest BCUT2D eigenvalue weighted by Gasteiger charge is 2.22. The van der Waals surface area contributed by atoms with Crippen molar-refractivity contribution in [2.24, 2.45) is 0 Å². The minimum Gasteiger partial charge on any atom is -0.468 e. The lowest BCUT2D eigenvalue weighted by Gasteiger charge is -2.17. The molecule has 1 aromatic heterocycles. The van der Waals surface area contributed by atoms with E-state index in [9.17, 15) is 24.0 Å². The Hall–Kier alpha value is -3.49. The number of pyridine rings is 1. The molecule has 2 rings (SSSR count). The van der Waals surface area contributed by atoms with Crippen molar-refractivity contribution in [3.05, 3.63) is 56.5 Å². The van der Waals surface area contributed by atoms with Crippen LogP contribution in [0.5, 0.6) is 0 Å². The molecule has 0 radical (unpaired) electrons. The summed E-state index contributed by atoms with van der Waals surface area (Å²) in [5.74, 6) is -2.02. The monoisotopic (exact) mass is 388 g/mol. The van der Waals surface area contributed by atoms with Crippen LogP contribution in [0.4, 0.5) is 0 Å². The third-order valence-electron chi connectivity index (χ3n) is 3.95. The predicted octanol–water partition coefficient (Wildman–Crippen LogP) is 0.170. The van der Waals surface area contributed by atoms with Crippen LogP contribution in [0, 0.1) is 0 Å². The average Bonchev–Trinajstić information content (AvgIpc) is 2.85. The molecule has 0 saturated heterocycles. The first-order chi connectivity index (χ1) is 13.3. The fourth-order valence-electron chi connectivity index (χ4n) is 2.65. The summed E-state index contributed by atoms with van der Waals surface area (Å²) in [5.41, 5.74) is -1.46. The maximum absolute atomic E-state index is 12.9. The third kappa shape index (κ3) is 4.43. The smallest absolute Gasteiger partial charge is 0.325 e. The number of nitrogens with zero attached hydrogens (tertiary/aromatic N) is 2. The summed E-state index contributed by atoms with van der Waals surface area (Å²) in [7, 11) is 2.52. The Bertz CT molecular complexity index is 1040. The summed E-state index contributed by atoms with van der Waals surface area (Å²) >= 11 is 0. The van der Waals surface area contributed by atoms with Crippen molar-refractivity contribution in [2.45, 2.75) is 13.5 Å². The summed E-state index contributed by atoms with van der Waals surface area (Å²) < 4.78 is 10.6. The van der Waals surface area contributed by atoms with Crippen molar-refractivity contribution < 1.29 is 23.9 Å². The molecule has 0 spiro atoms. The van der Waals surface area contributed by atoms with Gasteiger partial charge in [0, 0.05) is 13.2 Å². The molecule has 28 heavy (non-hydrogen) atoms. The summed E-state index contributed by atoms with van der Waals surface area (Å²) in [6.45, 7) is 1.06. The molecule has 0 N–H and O–H groups in total. The van der Waals surface area contributed by atoms with Crippen molar-refractivity contribution in [3.63, 3.8) is 0 Å². The first-order valence-electron chi connectivity index (χ1n) is 8.44. The molecule has 0 atom stereocenters. The number of carbonyl (C=O) groups is 3. The van der Waals surface area contributed by atoms with Gasteiger partial charge in [-0.1, -0.05) is 12.1 Å². The number of carbonyl (C=O) groups excluding carboxylic acids is 3. The minimum absolute atomic E-state index is 0.0170. The van der Waals surface area contributed by atoms with Crippen LogP contribution in [-0.2, 0) is 25.6 Å². The first kappa shape index (κ1) is 20.8. The molecule has 148 valence electrons. The van der Waals surface area contributed by atoms with Gasteiger partial charge in [0.1, 0.15) is 24.2 Å². The number of fused-ring (bicyclic) bond motifs is 1. The number of ether oxygens (including phenoxy) is 2. The molecule has 1 aromatic carbocycles. The molecule has 0 aliphatic carbocycles. The van der Waals surface area contributed by atoms with Gasteiger partial charge < -0.3 is 18.9 Å². The van der Waals surface area contributed by atoms with E-state index in [4.69, 9.17) is 4.74 Å². The fourth-order valence-corrected chi connectivity index (χ4v) is 2.65. The number of hydrogen-bond donors (Lipinski definition) is 0. The van der Waals surface area contributed by atoms with Gasteiger partial charge in [-0.05, 0) is 19.1 Å². The van der Waals surface area contributed by atoms with E-state index in [0.29, 0.717) is 0 Å². The zero-order valence-corrected chi connectivity index (χ0v) is 15.8. The molecule has 0 aliphatic heterocycles. The van der Waals surface area contributed by atoms with Gasteiger partial charge in [-0.3, -0.25) is 24.0 Å². The quantitative estimate of drug-likeness (QED) is 0.649. The van der Waals surface area contributed by atoms with Gasteiger partial charge in [-0.2, -0.15) is 0 Å². The molecule has 1 amide bonds. The van der Waals surface area contributed by atoms with Gasteiger partial charge in [-0.15, -0.1) is 0 Å². The zero-order valence-electron chi connectivity index (χ0n) is 15.8. The maximum atomic E-state index is 12.9. The van der Waals surface area contributed by atoms with E-state index in [2.05, 4.69) is 4.74 Å². The fraction of sp³-hybridized carbons (Fsp3) is 0.316. The topological polar surface area (TPSA) is 112 Å². The second-order valence-electron chi connectivity index (χ2n) is 5.89. The molecule has 0 fully saturated rings. The number of likely N-dealkylation sites (N-methyl/N-ethyl adjacent to an activating group) is 1. The van der Waals surface area contributed by atoms with Crippen molar-refractivity contribution in [2.75, 3.05) is 27.3 Å². The molecule has 9 heteroatoms. The normalized spacial score (nSPS) is 10.4. The van der Waals surface area contributed by atoms with E-state index in [0.717, 1.165) is 11.1 Å². The van der Waals surface area contributed by atoms with Crippen LogP contribution < -0.4 is 10.9 Å². The van der Waals surface area contributed by atoms with Gasteiger partial charge in [0.2, 0.25) is 10.9 Å². The summed E-state index contributed by atoms with van der Waals surface area (Å²) in [6.07, 6.45) is 1.14. The molecule has 9 nitrogen and oxygen atoms in total. The van der Waals surface area contributed by atoms with Crippen molar-refractivity contribution in [3.8, 4) is 0 Å². The van der Waals surface area contributed by atoms with E-state index < -0.39 is 28.7 Å². The lowest BCUT2D eigenvalue weighted by Crippen LogP contribution is -2.36. The highest BCUT2D eigenvalue weighted by Crippen LogP contribution is 2.10. The van der Waals surface area contributed by atoms with Crippen LogP contribution in [0.2, 0.25) is 0 Å². The van der Waals surface area contributed by atoms with E-state index >= 15 is 0 Å². The Morgan fingerprint density at radius 1 is 1.11 bits per heavy atom. The van der Waals surface area contributed by atoms with E-state index in [1.165, 1.54) is 43.0 Å². The van der Waals surface area contributed by atoms with E-state index in [1.54, 1.807) is 6.92 Å². The molecular formula is C19H20N2O7. The van der Waals surface area contributed by atoms with Gasteiger partial charge in [0.15, 0.2) is 0 Å². The molecule has 2 aromatic rings. The zero-order chi connectivity index (χ0) is 20.8. The van der Waals surface area contributed by atoms with Crippen molar-refractivity contribution >= 4 is 28.7 Å². The molecule has 0 bridgehead atoms. The minimum atomic E-state index is -0.742. The first-order valence-corrected chi connectivity index (χ1v) is 8.44. The van der Waals surface area contributed by atoms with Crippen LogP contribution in [0.15, 0.2) is 40.1 Å². The number of hydrogen-bond acceptors (Lipinski definition) is 7. The summed E-state index contributed by atoms with van der Waals surface area (Å²) in [4.78, 5) is 62.4. The lowest BCUT2D eigenvalue weighted by atomic mass is 10.1. The molecular weight excluding hydrogens is 368 g/mol. The van der Waals surface area contributed by atoms with Crippen LogP contribution in [-0.4, -0.2) is 54.6 Å². The standard InChI is InChI=1S/C19H20N2O7/c1-4-28-16(24)11-21-9-13(19(26)20(2)10-15(23)27-3)18(25)12-7-5-6-8-14(22)17(12)21/h5-9H,4,10-11H2,1-3H3. The van der Waals surface area contributed by atoms with E-state index in [-0.39, 0.29) is 36.2 Å². The Balaban J connectivity index is 2.68. The molecule has 1 heterocycles. The van der Waals surface area contributed by atoms with Crippen molar-refractivity contribution in [1.82, 2.24) is 9.47 Å². The van der Waals surface area contributed by atoms with Crippen LogP contribution in [0.25, 0.3) is 10.9 Å². The number of esters is 2. The number of aromatic nitrogens is 1. The number of amides is 1. The van der Waals surface area contributed by atoms with Gasteiger partial charge >= 0.3 is 11.9 Å². The third-order valence-corrected chi connectivity index (χ3v) is 3.95. The Labute approximate surface area is 160 Å². The Kier molecular flexibility index (Phi) is 6.64. The summed E-state index contributed by atoms with van der Waals surface area (Å²) in [5, 5.41) is -0.0170. The Morgan fingerprint density at radius 3 is 2.43 bits per heavy atom. The molecule has 0 aliphatic rings. The van der Waals surface area contributed by atoms with Crippen LogP contribution >= 0.6 is 0 Å². The lowest BCUT2D eigenvalue weighted by molar-refractivity contribution is -0.143. The summed E-state index contributed by atoms with van der Waals surface area (Å²) in [6, 6.07) is 5.61. The maximum Gasteiger partial charge on any atom is 0.325 e. The second kappa shape index (κ2) is 8.94. The highest BCUT2D eigenvalue weighted by molar-refractivity contribution is 5.98. The van der Waals surface area contributed by atoms with Gasteiger partial charge in [-0.25, -0.2) is 0 Å². The highest BCUT2D eigenvalue weighted by atomic mass is 16.5. The molecule has 0 saturated carbocycles. The number of rotatable bonds is 6. The van der Waals surface area contributed by atoms with E-state index in [1.807, 2.05) is 0 Å². The van der Waals surface area contributed by atoms with Crippen molar-refractivity contribution in [1.29, 1.82) is 0 Å². The largest absolute Gasteiger partial charge is 0.468 e. The SMILES string of the molecule is CCOC(=O)Cn1cc(C(=O)N(C)CC(=O)OC)c(=O)c2ccccc(=O)c21. The van der Waals surface area contributed by atoms with Gasteiger partial charge in [0.25, 0.3) is 5.91 Å². The molecule has 0 unspecified atom stereocenters. The number of methoxy groups -OCH3 is 1. The predicted molar refractivity (Wildman–Crippen MR) is 100 cm³/mol. The average molecular weight is 388 g/mol. The van der Waals surface area contributed by atoms with Crippen LogP contribution in [0.1, 0.15) is 17.3 Å². The van der Waals surface area contributed by atoms with Gasteiger partial charge in [0.05, 0.1) is 19.1 Å². The second-order valence-corrected chi connectivity index (χ2v) is 5.89.